The minimum atomic E-state index is -0.481. The summed E-state index contributed by atoms with van der Waals surface area (Å²) in [5.41, 5.74) is 2.60. The zero-order valence-electron chi connectivity index (χ0n) is 13.6. The fourth-order valence-electron chi connectivity index (χ4n) is 2.56. The lowest BCUT2D eigenvalue weighted by atomic mass is 10.0. The van der Waals surface area contributed by atoms with Crippen LogP contribution in [0.25, 0.3) is 0 Å². The normalized spacial score (nSPS) is 12.0. The molecule has 0 radical (unpaired) electrons. The van der Waals surface area contributed by atoms with Crippen molar-refractivity contribution >= 4 is 17.5 Å². The number of nitrogens with one attached hydrogen (secondary N) is 2. The number of aromatic nitrogens is 2. The van der Waals surface area contributed by atoms with E-state index < -0.39 is 6.04 Å². The fraction of sp³-hybridized carbons (Fsp3) is 0.353. The Bertz CT molecular complexity index is 745. The second-order valence-electron chi connectivity index (χ2n) is 5.59. The van der Waals surface area contributed by atoms with Gasteiger partial charge >= 0.3 is 5.69 Å². The van der Waals surface area contributed by atoms with Gasteiger partial charge in [0.2, 0.25) is 5.91 Å². The van der Waals surface area contributed by atoms with Gasteiger partial charge in [-0.1, -0.05) is 23.7 Å². The minimum absolute atomic E-state index is 0.186. The Morgan fingerprint density at radius 3 is 2.58 bits per heavy atom. The summed E-state index contributed by atoms with van der Waals surface area (Å²) in [5.74, 6) is -0.186. The lowest BCUT2D eigenvalue weighted by Gasteiger charge is -2.17. The summed E-state index contributed by atoms with van der Waals surface area (Å²) in [6.07, 6.45) is 0.700. The van der Waals surface area contributed by atoms with E-state index in [9.17, 15) is 14.7 Å². The Hall–Kier alpha value is -2.18. The molecule has 0 bridgehead atoms. The summed E-state index contributed by atoms with van der Waals surface area (Å²) >= 11 is 5.84. The molecule has 0 saturated heterocycles. The van der Waals surface area contributed by atoms with Crippen LogP contribution >= 0.6 is 11.6 Å². The van der Waals surface area contributed by atoms with Crippen LogP contribution in [0.15, 0.2) is 29.1 Å². The van der Waals surface area contributed by atoms with E-state index in [2.05, 4.69) is 15.3 Å². The molecule has 1 unspecified atom stereocenters. The Balaban J connectivity index is 2.00. The van der Waals surface area contributed by atoms with Crippen molar-refractivity contribution in [3.63, 3.8) is 0 Å². The molecule has 2 aromatic rings. The third-order valence-corrected chi connectivity index (χ3v) is 4.10. The molecule has 7 heteroatoms. The molecular formula is C17H20ClN3O3. The zero-order chi connectivity index (χ0) is 17.7. The maximum atomic E-state index is 12.2. The van der Waals surface area contributed by atoms with Crippen LogP contribution in [0.4, 0.5) is 0 Å². The van der Waals surface area contributed by atoms with Crippen LogP contribution < -0.4 is 11.0 Å². The number of carbonyl (C=O) groups is 1. The molecule has 0 aliphatic heterocycles. The van der Waals surface area contributed by atoms with Gasteiger partial charge in [0.05, 0.1) is 12.6 Å². The number of aromatic amines is 1. The highest BCUT2D eigenvalue weighted by atomic mass is 35.5. The second kappa shape index (κ2) is 8.08. The molecule has 0 aliphatic carbocycles. The van der Waals surface area contributed by atoms with Gasteiger partial charge in [-0.05, 0) is 43.5 Å². The minimum Gasteiger partial charge on any atom is -0.394 e. The van der Waals surface area contributed by atoms with E-state index in [1.165, 1.54) is 0 Å². The predicted molar refractivity (Wildman–Crippen MR) is 92.1 cm³/mol. The van der Waals surface area contributed by atoms with Crippen molar-refractivity contribution < 1.29 is 9.90 Å². The average molecular weight is 350 g/mol. The van der Waals surface area contributed by atoms with Crippen LogP contribution in [-0.2, 0) is 11.2 Å². The molecule has 6 nitrogen and oxygen atoms in total. The van der Waals surface area contributed by atoms with Crippen molar-refractivity contribution in [1.29, 1.82) is 0 Å². The van der Waals surface area contributed by atoms with Crippen LogP contribution in [0.3, 0.4) is 0 Å². The van der Waals surface area contributed by atoms with Crippen molar-refractivity contribution in [2.75, 3.05) is 6.61 Å². The lowest BCUT2D eigenvalue weighted by molar-refractivity contribution is -0.122. The van der Waals surface area contributed by atoms with Crippen molar-refractivity contribution in [2.45, 2.75) is 32.7 Å². The fourth-order valence-corrected chi connectivity index (χ4v) is 2.68. The van der Waals surface area contributed by atoms with Gasteiger partial charge in [-0.2, -0.15) is 4.98 Å². The molecule has 0 aliphatic rings. The van der Waals surface area contributed by atoms with E-state index in [-0.39, 0.29) is 24.6 Å². The van der Waals surface area contributed by atoms with Crippen molar-refractivity contribution in [3.05, 3.63) is 62.3 Å². The number of amides is 1. The maximum Gasteiger partial charge on any atom is 0.345 e. The smallest absolute Gasteiger partial charge is 0.345 e. The third kappa shape index (κ3) is 4.66. The summed E-state index contributed by atoms with van der Waals surface area (Å²) < 4.78 is 0. The van der Waals surface area contributed by atoms with E-state index in [4.69, 9.17) is 11.6 Å². The Labute approximate surface area is 144 Å². The van der Waals surface area contributed by atoms with Gasteiger partial charge in [-0.25, -0.2) is 4.79 Å². The number of rotatable bonds is 6. The number of hydrogen-bond acceptors (Lipinski definition) is 4. The topological polar surface area (TPSA) is 95.1 Å². The monoisotopic (exact) mass is 349 g/mol. The molecule has 1 aromatic heterocycles. The Morgan fingerprint density at radius 1 is 1.33 bits per heavy atom. The van der Waals surface area contributed by atoms with Crippen LogP contribution in [0, 0.1) is 13.8 Å². The summed E-state index contributed by atoms with van der Waals surface area (Å²) in [4.78, 5) is 29.9. The lowest BCUT2D eigenvalue weighted by Crippen LogP contribution is -2.31. The number of H-pyrrole nitrogens is 1. The number of carbonyl (C=O) groups excluding carboxylic acids is 1. The molecule has 2 rings (SSSR count). The molecular weight excluding hydrogens is 330 g/mol. The number of aliphatic hydroxyl groups is 1. The highest BCUT2D eigenvalue weighted by molar-refractivity contribution is 6.30. The molecule has 1 heterocycles. The molecule has 0 fully saturated rings. The summed E-state index contributed by atoms with van der Waals surface area (Å²) in [7, 11) is 0. The van der Waals surface area contributed by atoms with E-state index in [0.29, 0.717) is 17.1 Å². The van der Waals surface area contributed by atoms with E-state index in [1.807, 2.05) is 0 Å². The van der Waals surface area contributed by atoms with Crippen molar-refractivity contribution in [3.8, 4) is 0 Å². The maximum absolute atomic E-state index is 12.2. The predicted octanol–water partition coefficient (Wildman–Crippen LogP) is 1.82. The molecule has 128 valence electrons. The van der Waals surface area contributed by atoms with Gasteiger partial charge in [0, 0.05) is 22.8 Å². The summed E-state index contributed by atoms with van der Waals surface area (Å²) in [6, 6.07) is 6.48. The highest BCUT2D eigenvalue weighted by Crippen LogP contribution is 2.17. The van der Waals surface area contributed by atoms with Crippen LogP contribution in [-0.4, -0.2) is 27.6 Å². The second-order valence-corrected chi connectivity index (χ2v) is 6.02. The first-order valence-electron chi connectivity index (χ1n) is 7.62. The zero-order valence-corrected chi connectivity index (χ0v) is 14.4. The van der Waals surface area contributed by atoms with E-state index in [1.54, 1.807) is 38.1 Å². The first-order chi connectivity index (χ1) is 11.4. The summed E-state index contributed by atoms with van der Waals surface area (Å²) in [6.45, 7) is 3.33. The number of hydrogen-bond donors (Lipinski definition) is 3. The number of benzene rings is 1. The van der Waals surface area contributed by atoms with Gasteiger partial charge in [0.1, 0.15) is 0 Å². The van der Waals surface area contributed by atoms with Gasteiger partial charge in [0.15, 0.2) is 0 Å². The standard InChI is InChI=1S/C17H20ClN3O3/c1-10-14(11(2)20-17(24)19-10)7-8-16(23)21-15(9-22)12-3-5-13(18)6-4-12/h3-6,15,22H,7-9H2,1-2H3,(H,21,23)(H,19,20,24). The number of aliphatic hydroxyl groups excluding tert-OH is 1. The number of nitrogens with zero attached hydrogens (tertiary/aromatic N) is 1. The quantitative estimate of drug-likeness (QED) is 0.741. The summed E-state index contributed by atoms with van der Waals surface area (Å²) in [5, 5.41) is 12.9. The highest BCUT2D eigenvalue weighted by Gasteiger charge is 2.15. The molecule has 0 spiro atoms. The van der Waals surface area contributed by atoms with E-state index in [0.717, 1.165) is 16.8 Å². The number of aryl methyl sites for hydroxylation is 2. The van der Waals surface area contributed by atoms with Crippen LogP contribution in [0.2, 0.25) is 5.02 Å². The molecule has 0 saturated carbocycles. The first-order valence-corrected chi connectivity index (χ1v) is 8.00. The van der Waals surface area contributed by atoms with Crippen LogP contribution in [0.1, 0.15) is 35.0 Å². The first kappa shape index (κ1) is 18.2. The molecule has 1 aromatic carbocycles. The van der Waals surface area contributed by atoms with Gasteiger partial charge < -0.3 is 15.4 Å². The van der Waals surface area contributed by atoms with Crippen molar-refractivity contribution in [2.24, 2.45) is 0 Å². The average Bonchev–Trinajstić information content (AvgIpc) is 2.52. The van der Waals surface area contributed by atoms with Gasteiger partial charge in [0.25, 0.3) is 0 Å². The molecule has 1 atom stereocenters. The number of halogens is 1. The largest absolute Gasteiger partial charge is 0.394 e. The van der Waals surface area contributed by atoms with Gasteiger partial charge in [-0.15, -0.1) is 0 Å². The van der Waals surface area contributed by atoms with Crippen molar-refractivity contribution in [1.82, 2.24) is 15.3 Å². The van der Waals surface area contributed by atoms with E-state index >= 15 is 0 Å². The Morgan fingerprint density at radius 2 is 2.00 bits per heavy atom. The molecule has 24 heavy (non-hydrogen) atoms. The van der Waals surface area contributed by atoms with Crippen LogP contribution in [0.5, 0.6) is 0 Å². The molecule has 3 N–H and O–H groups in total. The Kier molecular flexibility index (Phi) is 6.11. The molecule has 1 amide bonds. The SMILES string of the molecule is Cc1nc(=O)[nH]c(C)c1CCC(=O)NC(CO)c1ccc(Cl)cc1. The van der Waals surface area contributed by atoms with Gasteiger partial charge in [-0.3, -0.25) is 4.79 Å². The third-order valence-electron chi connectivity index (χ3n) is 3.85.